The molecule has 9 heteroatoms. The van der Waals surface area contributed by atoms with Crippen molar-refractivity contribution in [2.75, 3.05) is 0 Å². The van der Waals surface area contributed by atoms with E-state index < -0.39 is 5.69 Å². The molecule has 0 radical (unpaired) electrons. The van der Waals surface area contributed by atoms with Gasteiger partial charge in [0.1, 0.15) is 17.8 Å². The maximum atomic E-state index is 13.0. The minimum Gasteiger partial charge on any atom is -0.444 e. The van der Waals surface area contributed by atoms with Crippen LogP contribution in [0.3, 0.4) is 0 Å². The van der Waals surface area contributed by atoms with E-state index in [1.165, 1.54) is 18.4 Å². The van der Waals surface area contributed by atoms with E-state index in [2.05, 4.69) is 15.4 Å². The van der Waals surface area contributed by atoms with Gasteiger partial charge in [-0.05, 0) is 46.8 Å². The van der Waals surface area contributed by atoms with E-state index >= 15 is 0 Å². The van der Waals surface area contributed by atoms with E-state index in [0.717, 1.165) is 9.36 Å². The Kier molecular flexibility index (Phi) is 4.10. The van der Waals surface area contributed by atoms with Crippen molar-refractivity contribution in [3.63, 3.8) is 0 Å². The van der Waals surface area contributed by atoms with Crippen molar-refractivity contribution in [1.82, 2.24) is 24.8 Å². The number of benzene rings is 2. The molecular weight excluding hydrogens is 361 g/mol. The highest BCUT2D eigenvalue weighted by molar-refractivity contribution is 6.32. The Labute approximate surface area is 151 Å². The fourth-order valence-electron chi connectivity index (χ4n) is 2.41. The van der Waals surface area contributed by atoms with Gasteiger partial charge in [0.05, 0.1) is 17.3 Å². The molecular formula is C17H11ClFN5O2. The van der Waals surface area contributed by atoms with Crippen molar-refractivity contribution >= 4 is 11.6 Å². The minimum atomic E-state index is -0.454. The third-order valence-electron chi connectivity index (χ3n) is 3.67. The molecule has 0 spiro atoms. The quantitative estimate of drug-likeness (QED) is 0.551. The lowest BCUT2D eigenvalue weighted by atomic mass is 10.2. The number of para-hydroxylation sites is 1. The monoisotopic (exact) mass is 371 g/mol. The van der Waals surface area contributed by atoms with Crippen molar-refractivity contribution in [3.05, 3.63) is 81.8 Å². The van der Waals surface area contributed by atoms with Crippen molar-refractivity contribution in [3.8, 4) is 17.1 Å². The Morgan fingerprint density at radius 1 is 1.08 bits per heavy atom. The molecule has 0 aliphatic rings. The summed E-state index contributed by atoms with van der Waals surface area (Å²) < 4.78 is 20.6. The Bertz CT molecular complexity index is 1120. The molecule has 0 saturated carbocycles. The molecule has 0 atom stereocenters. The van der Waals surface area contributed by atoms with E-state index in [0.29, 0.717) is 27.9 Å². The van der Waals surface area contributed by atoms with Gasteiger partial charge in [-0.2, -0.15) is 9.36 Å². The third-order valence-corrected chi connectivity index (χ3v) is 3.99. The molecule has 4 aromatic rings. The van der Waals surface area contributed by atoms with Gasteiger partial charge in [0.15, 0.2) is 0 Å². The smallest absolute Gasteiger partial charge is 0.368 e. The molecule has 0 N–H and O–H groups in total. The van der Waals surface area contributed by atoms with Crippen LogP contribution >= 0.6 is 11.6 Å². The largest absolute Gasteiger partial charge is 0.444 e. The molecule has 0 bridgehead atoms. The van der Waals surface area contributed by atoms with Crippen LogP contribution in [0.4, 0.5) is 4.39 Å². The van der Waals surface area contributed by atoms with E-state index in [4.69, 9.17) is 16.0 Å². The van der Waals surface area contributed by atoms with Crippen LogP contribution in [0.5, 0.6) is 0 Å². The van der Waals surface area contributed by atoms with Crippen molar-refractivity contribution in [2.45, 2.75) is 6.54 Å². The average molecular weight is 372 g/mol. The summed E-state index contributed by atoms with van der Waals surface area (Å²) in [4.78, 5) is 16.8. The number of oxazole rings is 1. The van der Waals surface area contributed by atoms with Crippen molar-refractivity contribution < 1.29 is 8.81 Å². The van der Waals surface area contributed by atoms with Crippen LogP contribution in [0, 0.1) is 5.82 Å². The topological polar surface area (TPSA) is 78.7 Å². The summed E-state index contributed by atoms with van der Waals surface area (Å²) in [5, 5.41) is 8.09. The number of rotatable bonds is 4. The zero-order valence-electron chi connectivity index (χ0n) is 13.2. The van der Waals surface area contributed by atoms with Crippen LogP contribution in [-0.4, -0.2) is 24.8 Å². The van der Waals surface area contributed by atoms with Crippen LogP contribution in [0.2, 0.25) is 5.02 Å². The molecule has 0 unspecified atom stereocenters. The van der Waals surface area contributed by atoms with Gasteiger partial charge in [0.2, 0.25) is 5.89 Å². The van der Waals surface area contributed by atoms with Gasteiger partial charge in [-0.15, -0.1) is 0 Å². The fraction of sp³-hybridized carbons (Fsp3) is 0.0588. The Balaban J connectivity index is 1.60. The fourth-order valence-corrected chi connectivity index (χ4v) is 2.62. The predicted octanol–water partition coefficient (Wildman–Crippen LogP) is 2.92. The highest BCUT2D eigenvalue weighted by Crippen LogP contribution is 2.19. The van der Waals surface area contributed by atoms with Crippen LogP contribution in [-0.2, 0) is 6.54 Å². The van der Waals surface area contributed by atoms with E-state index in [9.17, 15) is 9.18 Å². The van der Waals surface area contributed by atoms with E-state index in [1.807, 2.05) is 0 Å². The molecule has 4 rings (SSSR count). The van der Waals surface area contributed by atoms with Crippen LogP contribution < -0.4 is 5.69 Å². The summed E-state index contributed by atoms with van der Waals surface area (Å²) in [6.07, 6.45) is 1.42. The summed E-state index contributed by atoms with van der Waals surface area (Å²) in [6, 6.07) is 12.6. The lowest BCUT2D eigenvalue weighted by Crippen LogP contribution is -2.25. The summed E-state index contributed by atoms with van der Waals surface area (Å²) in [6.45, 7) is 0.0774. The number of hydrogen-bond acceptors (Lipinski definition) is 5. The normalized spacial score (nSPS) is 11.0. The lowest BCUT2D eigenvalue weighted by Gasteiger charge is -2.00. The molecule has 2 heterocycles. The molecule has 2 aromatic heterocycles. The van der Waals surface area contributed by atoms with Gasteiger partial charge in [-0.1, -0.05) is 23.7 Å². The first-order chi connectivity index (χ1) is 12.6. The second-order valence-corrected chi connectivity index (χ2v) is 5.84. The highest BCUT2D eigenvalue weighted by atomic mass is 35.5. The van der Waals surface area contributed by atoms with Crippen LogP contribution in [0.15, 0.2) is 64.0 Å². The third kappa shape index (κ3) is 3.02. The summed E-state index contributed by atoms with van der Waals surface area (Å²) >= 11 is 6.09. The minimum absolute atomic E-state index is 0.0774. The molecule has 0 saturated heterocycles. The molecule has 0 amide bonds. The van der Waals surface area contributed by atoms with Gasteiger partial charge < -0.3 is 4.42 Å². The number of tetrazole rings is 1. The Morgan fingerprint density at radius 2 is 1.85 bits per heavy atom. The molecule has 7 nitrogen and oxygen atoms in total. The van der Waals surface area contributed by atoms with E-state index in [1.54, 1.807) is 36.4 Å². The van der Waals surface area contributed by atoms with Crippen LogP contribution in [0.25, 0.3) is 17.1 Å². The second kappa shape index (κ2) is 6.57. The first kappa shape index (κ1) is 16.2. The van der Waals surface area contributed by atoms with Crippen LogP contribution in [0.1, 0.15) is 5.69 Å². The SMILES string of the molecule is O=c1n(Cc2coc(-c3ccc(F)cc3)n2)nnn1-c1ccccc1Cl. The number of halogens is 2. The Hall–Kier alpha value is -3.26. The van der Waals surface area contributed by atoms with Crippen molar-refractivity contribution in [2.24, 2.45) is 0 Å². The second-order valence-electron chi connectivity index (χ2n) is 5.43. The van der Waals surface area contributed by atoms with Gasteiger partial charge in [-0.3, -0.25) is 0 Å². The molecule has 0 aliphatic carbocycles. The lowest BCUT2D eigenvalue weighted by molar-refractivity contribution is 0.566. The Morgan fingerprint density at radius 3 is 2.62 bits per heavy atom. The van der Waals surface area contributed by atoms with E-state index in [-0.39, 0.29) is 12.4 Å². The van der Waals surface area contributed by atoms with Crippen molar-refractivity contribution in [1.29, 1.82) is 0 Å². The average Bonchev–Trinajstić information content (AvgIpc) is 3.24. The maximum Gasteiger partial charge on any atom is 0.368 e. The zero-order valence-corrected chi connectivity index (χ0v) is 14.0. The number of nitrogens with zero attached hydrogens (tertiary/aromatic N) is 5. The standard InChI is InChI=1S/C17H11ClFN5O2/c18-14-3-1-2-4-15(14)24-17(25)23(21-22-24)9-13-10-26-16(20-13)11-5-7-12(19)8-6-11/h1-8,10H,9H2. The van der Waals surface area contributed by atoms with Gasteiger partial charge >= 0.3 is 5.69 Å². The summed E-state index contributed by atoms with van der Waals surface area (Å²) in [5.74, 6) is -0.0187. The number of aromatic nitrogens is 5. The van der Waals surface area contributed by atoms with Gasteiger partial charge in [0.25, 0.3) is 0 Å². The first-order valence-electron chi connectivity index (χ1n) is 7.60. The number of hydrogen-bond donors (Lipinski definition) is 0. The highest BCUT2D eigenvalue weighted by Gasteiger charge is 2.14. The first-order valence-corrected chi connectivity index (χ1v) is 7.98. The summed E-state index contributed by atoms with van der Waals surface area (Å²) in [5.41, 5.74) is 1.10. The summed E-state index contributed by atoms with van der Waals surface area (Å²) in [7, 11) is 0. The molecule has 0 aliphatic heterocycles. The molecule has 0 fully saturated rings. The molecule has 2 aromatic carbocycles. The molecule has 26 heavy (non-hydrogen) atoms. The van der Waals surface area contributed by atoms with Gasteiger partial charge in [-0.25, -0.2) is 14.2 Å². The predicted molar refractivity (Wildman–Crippen MR) is 91.6 cm³/mol. The molecule has 130 valence electrons. The van der Waals surface area contributed by atoms with Gasteiger partial charge in [0, 0.05) is 5.56 Å². The maximum absolute atomic E-state index is 13.0. The zero-order chi connectivity index (χ0) is 18.1.